The number of amides is 1. The van der Waals surface area contributed by atoms with Gasteiger partial charge in [0.1, 0.15) is 17.0 Å². The van der Waals surface area contributed by atoms with Gasteiger partial charge in [-0.25, -0.2) is 14.3 Å². The molecule has 0 radical (unpaired) electrons. The summed E-state index contributed by atoms with van der Waals surface area (Å²) < 4.78 is 77.7. The molecule has 0 unspecified atom stereocenters. The first kappa shape index (κ1) is 26.2. The van der Waals surface area contributed by atoms with Gasteiger partial charge in [-0.1, -0.05) is 0 Å². The van der Waals surface area contributed by atoms with E-state index >= 15 is 0 Å². The zero-order valence-corrected chi connectivity index (χ0v) is 20.1. The number of fused-ring (bicyclic) bond motifs is 3. The fourth-order valence-electron chi connectivity index (χ4n) is 3.38. The number of alkyl halides is 3. The first-order chi connectivity index (χ1) is 16.1. The first-order valence-corrected chi connectivity index (χ1v) is 11.4. The lowest BCUT2D eigenvalue weighted by Crippen LogP contribution is -2.28. The fourth-order valence-corrected chi connectivity index (χ4v) is 3.83. The van der Waals surface area contributed by atoms with E-state index in [1.54, 1.807) is 20.8 Å². The number of pyridine rings is 1. The number of benzene rings is 1. The molecule has 1 aromatic carbocycles. The zero-order chi connectivity index (χ0) is 26.3. The third kappa shape index (κ3) is 5.03. The molecule has 0 fully saturated rings. The summed E-state index contributed by atoms with van der Waals surface area (Å²) in [7, 11) is -3.22. The standard InChI is InChI=1S/C21H22F3N3O7S/c1-20(2,3)33-19(29)27-14-7-6-11(34-35(30,31)21(22,23)24)8-12(14)16-13(10-32-5)17(18(28)25-4)26-9-15(16)27/h6-9H,10H2,1-5H3,(H,25,28). The van der Waals surface area contributed by atoms with Gasteiger partial charge in [0.05, 0.1) is 23.8 Å². The number of carbonyl (C=O) groups is 2. The van der Waals surface area contributed by atoms with Crippen molar-refractivity contribution in [2.24, 2.45) is 0 Å². The molecule has 2 heterocycles. The Kier molecular flexibility index (Phi) is 6.74. The Morgan fingerprint density at radius 3 is 2.34 bits per heavy atom. The van der Waals surface area contributed by atoms with Crippen molar-refractivity contribution < 1.29 is 44.8 Å². The van der Waals surface area contributed by atoms with E-state index in [0.29, 0.717) is 0 Å². The summed E-state index contributed by atoms with van der Waals surface area (Å²) in [6.07, 6.45) is 0.405. The van der Waals surface area contributed by atoms with Crippen LogP contribution in [0, 0.1) is 0 Å². The van der Waals surface area contributed by atoms with Crippen molar-refractivity contribution in [3.8, 4) is 5.75 Å². The van der Waals surface area contributed by atoms with Gasteiger partial charge in [-0.2, -0.15) is 21.6 Å². The molecule has 14 heteroatoms. The van der Waals surface area contributed by atoms with Crippen LogP contribution in [0.4, 0.5) is 18.0 Å². The van der Waals surface area contributed by atoms with Gasteiger partial charge >= 0.3 is 21.7 Å². The van der Waals surface area contributed by atoms with Gasteiger partial charge in [-0.3, -0.25) is 4.79 Å². The van der Waals surface area contributed by atoms with Crippen molar-refractivity contribution in [1.82, 2.24) is 14.9 Å². The van der Waals surface area contributed by atoms with Crippen LogP contribution in [-0.2, 0) is 26.2 Å². The number of nitrogens with one attached hydrogen (secondary N) is 1. The van der Waals surface area contributed by atoms with E-state index in [-0.39, 0.29) is 39.7 Å². The number of hydrogen-bond donors (Lipinski definition) is 1. The predicted molar refractivity (Wildman–Crippen MR) is 119 cm³/mol. The van der Waals surface area contributed by atoms with E-state index < -0.39 is 39.0 Å². The molecule has 1 N–H and O–H groups in total. The topological polar surface area (TPSA) is 126 Å². The monoisotopic (exact) mass is 517 g/mol. The molecule has 3 rings (SSSR count). The molecule has 0 aliphatic heterocycles. The molecule has 10 nitrogen and oxygen atoms in total. The number of carbonyl (C=O) groups excluding carboxylic acids is 2. The smallest absolute Gasteiger partial charge is 0.443 e. The Balaban J connectivity index is 2.40. The molecular formula is C21H22F3N3O7S. The van der Waals surface area contributed by atoms with Crippen molar-refractivity contribution in [3.63, 3.8) is 0 Å². The maximum atomic E-state index is 13.1. The summed E-state index contributed by atoms with van der Waals surface area (Å²) in [5, 5.41) is 2.76. The van der Waals surface area contributed by atoms with Gasteiger partial charge < -0.3 is 19.0 Å². The minimum absolute atomic E-state index is 0.0562. The Hall–Kier alpha value is -3.39. The van der Waals surface area contributed by atoms with Gasteiger partial charge in [-0.15, -0.1) is 0 Å². The normalized spacial score (nSPS) is 12.7. The fraction of sp³-hybridized carbons (Fsp3) is 0.381. The average molecular weight is 517 g/mol. The van der Waals surface area contributed by atoms with E-state index in [4.69, 9.17) is 9.47 Å². The summed E-state index contributed by atoms with van der Waals surface area (Å²) in [6.45, 7) is 4.77. The van der Waals surface area contributed by atoms with E-state index in [1.165, 1.54) is 26.4 Å². The Morgan fingerprint density at radius 1 is 1.14 bits per heavy atom. The summed E-state index contributed by atoms with van der Waals surface area (Å²) in [5.41, 5.74) is -6.07. The highest BCUT2D eigenvalue weighted by molar-refractivity contribution is 7.88. The summed E-state index contributed by atoms with van der Waals surface area (Å²) >= 11 is 0. The molecule has 3 aromatic rings. The molecule has 0 saturated heterocycles. The van der Waals surface area contributed by atoms with Crippen LogP contribution in [0.25, 0.3) is 21.8 Å². The van der Waals surface area contributed by atoms with Gasteiger partial charge in [-0.05, 0) is 39.0 Å². The second-order valence-electron chi connectivity index (χ2n) is 8.34. The molecule has 190 valence electrons. The Morgan fingerprint density at radius 2 is 1.80 bits per heavy atom. The first-order valence-electron chi connectivity index (χ1n) is 10.0. The lowest BCUT2D eigenvalue weighted by atomic mass is 10.1. The number of nitrogens with zero attached hydrogens (tertiary/aromatic N) is 2. The summed E-state index contributed by atoms with van der Waals surface area (Å²) in [4.78, 5) is 29.6. The number of ether oxygens (including phenoxy) is 2. The van der Waals surface area contributed by atoms with Gasteiger partial charge in [0.2, 0.25) is 0 Å². The third-order valence-corrected chi connectivity index (χ3v) is 5.65. The van der Waals surface area contributed by atoms with Crippen molar-refractivity contribution in [3.05, 3.63) is 35.7 Å². The number of hydrogen-bond acceptors (Lipinski definition) is 8. The highest BCUT2D eigenvalue weighted by Gasteiger charge is 2.48. The third-order valence-electron chi connectivity index (χ3n) is 4.68. The molecular weight excluding hydrogens is 495 g/mol. The SMILES string of the molecule is CNC(=O)c1ncc2c(c1COC)c1cc(OS(=O)(=O)C(F)(F)F)ccc1n2C(=O)OC(C)(C)C. The summed E-state index contributed by atoms with van der Waals surface area (Å²) in [5.74, 6) is -1.23. The predicted octanol–water partition coefficient (Wildman–Crippen LogP) is 3.71. The molecule has 0 bridgehead atoms. The van der Waals surface area contributed by atoms with E-state index in [1.807, 2.05) is 0 Å². The van der Waals surface area contributed by atoms with Crippen molar-refractivity contribution in [1.29, 1.82) is 0 Å². The number of halogens is 3. The Labute approximate surface area is 198 Å². The van der Waals surface area contributed by atoms with E-state index in [9.17, 15) is 31.2 Å². The molecule has 0 saturated carbocycles. The van der Waals surface area contributed by atoms with Crippen LogP contribution in [0.5, 0.6) is 5.75 Å². The minimum atomic E-state index is -5.95. The highest BCUT2D eigenvalue weighted by atomic mass is 32.2. The largest absolute Gasteiger partial charge is 0.534 e. The number of rotatable bonds is 5. The van der Waals surface area contributed by atoms with Crippen LogP contribution >= 0.6 is 0 Å². The van der Waals surface area contributed by atoms with Gasteiger partial charge in [0.25, 0.3) is 5.91 Å². The quantitative estimate of drug-likeness (QED) is 0.401. The van der Waals surface area contributed by atoms with Gasteiger partial charge in [0.15, 0.2) is 0 Å². The Bertz CT molecular complexity index is 1420. The highest BCUT2D eigenvalue weighted by Crippen LogP contribution is 2.37. The van der Waals surface area contributed by atoms with Crippen LogP contribution in [0.3, 0.4) is 0 Å². The lowest BCUT2D eigenvalue weighted by molar-refractivity contribution is -0.0500. The average Bonchev–Trinajstić information content (AvgIpc) is 3.05. The van der Waals surface area contributed by atoms with Gasteiger partial charge in [0, 0.05) is 30.5 Å². The van der Waals surface area contributed by atoms with Crippen LogP contribution < -0.4 is 9.50 Å². The van der Waals surface area contributed by atoms with Crippen LogP contribution in [0.1, 0.15) is 36.8 Å². The van der Waals surface area contributed by atoms with Crippen molar-refractivity contribution >= 4 is 43.9 Å². The lowest BCUT2D eigenvalue weighted by Gasteiger charge is -2.20. The van der Waals surface area contributed by atoms with Crippen molar-refractivity contribution in [2.75, 3.05) is 14.2 Å². The van der Waals surface area contributed by atoms with E-state index in [2.05, 4.69) is 14.5 Å². The molecule has 2 aromatic heterocycles. The maximum Gasteiger partial charge on any atom is 0.534 e. The van der Waals surface area contributed by atoms with Crippen LogP contribution in [-0.4, -0.2) is 55.2 Å². The van der Waals surface area contributed by atoms with Crippen molar-refractivity contribution in [2.45, 2.75) is 38.5 Å². The molecule has 0 aliphatic carbocycles. The molecule has 1 amide bonds. The van der Waals surface area contributed by atoms with Crippen LogP contribution in [0.2, 0.25) is 0 Å². The maximum absolute atomic E-state index is 13.1. The molecule has 0 spiro atoms. The minimum Gasteiger partial charge on any atom is -0.443 e. The molecule has 35 heavy (non-hydrogen) atoms. The number of methoxy groups -OCH3 is 1. The van der Waals surface area contributed by atoms with E-state index in [0.717, 1.165) is 16.7 Å². The summed E-state index contributed by atoms with van der Waals surface area (Å²) in [6, 6.07) is 3.19. The van der Waals surface area contributed by atoms with Crippen LogP contribution in [0.15, 0.2) is 24.4 Å². The molecule has 0 aliphatic rings. The molecule has 0 atom stereocenters. The number of aromatic nitrogens is 2. The second kappa shape index (κ2) is 9.00. The second-order valence-corrected chi connectivity index (χ2v) is 9.87. The zero-order valence-electron chi connectivity index (χ0n) is 19.3.